The molecule has 0 aliphatic carbocycles. The molecular formula is C22H28ClN5O3. The normalized spacial score (nSPS) is 17.7. The van der Waals surface area contributed by atoms with E-state index in [0.717, 1.165) is 12.2 Å². The van der Waals surface area contributed by atoms with E-state index in [2.05, 4.69) is 10.3 Å². The van der Waals surface area contributed by atoms with Crippen molar-refractivity contribution in [3.8, 4) is 5.69 Å². The molecule has 0 radical (unpaired) electrons. The Morgan fingerprint density at radius 3 is 2.65 bits per heavy atom. The number of rotatable bonds is 1. The largest absolute Gasteiger partial charge is 0.455 e. The number of carbonyl (C=O) groups is 2. The monoisotopic (exact) mass is 445 g/mol. The molecule has 3 heterocycles. The quantitative estimate of drug-likeness (QED) is 0.678. The fraction of sp³-hybridized carbons (Fsp3) is 0.500. The van der Waals surface area contributed by atoms with E-state index in [9.17, 15) is 9.59 Å². The van der Waals surface area contributed by atoms with Crippen LogP contribution in [0.1, 0.15) is 50.8 Å². The molecule has 1 fully saturated rings. The third kappa shape index (κ3) is 4.02. The van der Waals surface area contributed by atoms with Gasteiger partial charge in [0.1, 0.15) is 11.9 Å². The molecular weight excluding hydrogens is 418 g/mol. The third-order valence-corrected chi connectivity index (χ3v) is 5.75. The van der Waals surface area contributed by atoms with Crippen molar-refractivity contribution in [2.45, 2.75) is 52.3 Å². The Bertz CT molecular complexity index is 1040. The zero-order valence-electron chi connectivity index (χ0n) is 18.5. The maximum Gasteiger partial charge on any atom is 0.359 e. The molecule has 1 aromatic carbocycles. The molecule has 0 spiro atoms. The summed E-state index contributed by atoms with van der Waals surface area (Å²) >= 11 is 6.28. The van der Waals surface area contributed by atoms with E-state index in [4.69, 9.17) is 16.3 Å². The van der Waals surface area contributed by atoms with Crippen LogP contribution in [0.4, 0.5) is 10.5 Å². The highest BCUT2D eigenvalue weighted by atomic mass is 35.5. The third-order valence-electron chi connectivity index (χ3n) is 5.52. The van der Waals surface area contributed by atoms with Gasteiger partial charge >= 0.3 is 12.0 Å². The summed E-state index contributed by atoms with van der Waals surface area (Å²) < 4.78 is 7.37. The number of benzene rings is 1. The van der Waals surface area contributed by atoms with Crippen molar-refractivity contribution in [2.75, 3.05) is 24.5 Å². The second kappa shape index (κ2) is 7.53. The number of carbonyl (C=O) groups excluding carboxylic acids is 2. The number of anilines is 1. The maximum atomic E-state index is 13.7. The Hall–Kier alpha value is -2.58. The molecule has 1 saturated heterocycles. The summed E-state index contributed by atoms with van der Waals surface area (Å²) in [5.74, 6) is -0.506. The van der Waals surface area contributed by atoms with Gasteiger partial charge in [0, 0.05) is 24.7 Å². The lowest BCUT2D eigenvalue weighted by atomic mass is 10.0. The lowest BCUT2D eigenvalue weighted by Crippen LogP contribution is -2.62. The number of amides is 2. The molecule has 9 heteroatoms. The van der Waals surface area contributed by atoms with Gasteiger partial charge in [0.2, 0.25) is 0 Å². The summed E-state index contributed by atoms with van der Waals surface area (Å²) in [7, 11) is 0. The summed E-state index contributed by atoms with van der Waals surface area (Å²) in [5.41, 5.74) is 1.27. The average molecular weight is 446 g/mol. The van der Waals surface area contributed by atoms with Crippen LogP contribution in [0, 0.1) is 0 Å². The van der Waals surface area contributed by atoms with Gasteiger partial charge in [0.15, 0.2) is 5.69 Å². The Morgan fingerprint density at radius 1 is 1.23 bits per heavy atom. The van der Waals surface area contributed by atoms with Gasteiger partial charge in [-0.05, 0) is 52.8 Å². The van der Waals surface area contributed by atoms with Gasteiger partial charge in [-0.1, -0.05) is 11.6 Å². The number of aromatic nitrogens is 2. The molecule has 8 nitrogen and oxygen atoms in total. The molecule has 4 rings (SSSR count). The van der Waals surface area contributed by atoms with E-state index in [1.54, 1.807) is 23.4 Å². The minimum atomic E-state index is -0.645. The SMILES string of the molecule is CC(C)(C)OC(=O)c1ncn2c1CN(C(=O)N1CCNCC1(C)C)c1cc(Cl)ccc1-2. The number of esters is 1. The fourth-order valence-electron chi connectivity index (χ4n) is 4.03. The smallest absolute Gasteiger partial charge is 0.359 e. The molecule has 0 atom stereocenters. The van der Waals surface area contributed by atoms with Gasteiger partial charge in [-0.3, -0.25) is 9.47 Å². The van der Waals surface area contributed by atoms with Crippen molar-refractivity contribution >= 4 is 29.3 Å². The first kappa shape index (κ1) is 21.6. The van der Waals surface area contributed by atoms with Crippen LogP contribution in [0.25, 0.3) is 5.69 Å². The Morgan fingerprint density at radius 2 is 1.97 bits per heavy atom. The second-order valence-electron chi connectivity index (χ2n) is 9.55. The number of imidazole rings is 1. The van der Waals surface area contributed by atoms with Gasteiger partial charge < -0.3 is 15.0 Å². The number of piperazine rings is 1. The highest BCUT2D eigenvalue weighted by molar-refractivity contribution is 6.31. The van der Waals surface area contributed by atoms with E-state index < -0.39 is 11.6 Å². The van der Waals surface area contributed by atoms with E-state index >= 15 is 0 Å². The second-order valence-corrected chi connectivity index (χ2v) is 9.99. The van der Waals surface area contributed by atoms with Crippen molar-refractivity contribution in [3.05, 3.63) is 40.9 Å². The number of urea groups is 1. The highest BCUT2D eigenvalue weighted by Crippen LogP contribution is 2.37. The van der Waals surface area contributed by atoms with E-state index in [0.29, 0.717) is 29.5 Å². The van der Waals surface area contributed by atoms with Gasteiger partial charge in [-0.15, -0.1) is 0 Å². The summed E-state index contributed by atoms with van der Waals surface area (Å²) in [6.45, 7) is 11.7. The lowest BCUT2D eigenvalue weighted by molar-refractivity contribution is 0.00618. The molecule has 1 aromatic heterocycles. The van der Waals surface area contributed by atoms with Crippen molar-refractivity contribution in [2.24, 2.45) is 0 Å². The van der Waals surface area contributed by atoms with Crippen molar-refractivity contribution in [1.29, 1.82) is 0 Å². The van der Waals surface area contributed by atoms with Crippen LogP contribution in [0.15, 0.2) is 24.5 Å². The topological polar surface area (TPSA) is 79.7 Å². The van der Waals surface area contributed by atoms with E-state index in [1.165, 1.54) is 0 Å². The zero-order chi connectivity index (χ0) is 22.6. The van der Waals surface area contributed by atoms with Crippen molar-refractivity contribution in [3.63, 3.8) is 0 Å². The Kier molecular flexibility index (Phi) is 5.26. The van der Waals surface area contributed by atoms with Crippen molar-refractivity contribution in [1.82, 2.24) is 19.8 Å². The zero-order valence-corrected chi connectivity index (χ0v) is 19.3. The van der Waals surface area contributed by atoms with E-state index in [-0.39, 0.29) is 23.8 Å². The molecule has 166 valence electrons. The number of ether oxygens (including phenoxy) is 1. The Labute approximate surface area is 187 Å². The molecule has 2 aliphatic rings. The summed E-state index contributed by atoms with van der Waals surface area (Å²) in [5, 5.41) is 3.87. The van der Waals surface area contributed by atoms with Crippen LogP contribution in [-0.4, -0.2) is 57.2 Å². The standard InChI is InChI=1S/C22H28ClN5O3/c1-21(2,3)31-19(29)18-17-11-26(20(30)28-9-8-24-12-22(28,4)5)16-10-14(23)6-7-15(16)27(17)13-25-18/h6-7,10,13,24H,8-9,11-12H2,1-5H3. The molecule has 1 N–H and O–H groups in total. The molecule has 2 amide bonds. The molecule has 2 aliphatic heterocycles. The van der Waals surface area contributed by atoms with Crippen LogP contribution >= 0.6 is 11.6 Å². The first-order valence-electron chi connectivity index (χ1n) is 10.4. The maximum absolute atomic E-state index is 13.7. The Balaban J connectivity index is 1.77. The van der Waals surface area contributed by atoms with E-state index in [1.807, 2.05) is 50.2 Å². The van der Waals surface area contributed by atoms with Crippen LogP contribution in [0.3, 0.4) is 0 Å². The number of nitrogens with zero attached hydrogens (tertiary/aromatic N) is 4. The van der Waals surface area contributed by atoms with Crippen molar-refractivity contribution < 1.29 is 14.3 Å². The summed E-state index contributed by atoms with van der Waals surface area (Å²) in [6, 6.07) is 5.25. The summed E-state index contributed by atoms with van der Waals surface area (Å²) in [6.07, 6.45) is 1.60. The minimum absolute atomic E-state index is 0.127. The lowest BCUT2D eigenvalue weighted by Gasteiger charge is -2.45. The van der Waals surface area contributed by atoms with Crippen LogP contribution < -0.4 is 10.2 Å². The van der Waals surface area contributed by atoms with Crippen LogP contribution in [0.5, 0.6) is 0 Å². The molecule has 0 bridgehead atoms. The van der Waals surface area contributed by atoms with Gasteiger partial charge in [-0.2, -0.15) is 0 Å². The average Bonchev–Trinajstić information content (AvgIpc) is 3.09. The number of halogens is 1. The number of hydrogen-bond acceptors (Lipinski definition) is 5. The minimum Gasteiger partial charge on any atom is -0.455 e. The molecule has 31 heavy (non-hydrogen) atoms. The van der Waals surface area contributed by atoms with Gasteiger partial charge in [0.25, 0.3) is 0 Å². The predicted molar refractivity (Wildman–Crippen MR) is 119 cm³/mol. The van der Waals surface area contributed by atoms with Crippen LogP contribution in [0.2, 0.25) is 5.02 Å². The first-order valence-corrected chi connectivity index (χ1v) is 10.7. The molecule has 0 saturated carbocycles. The number of fused-ring (bicyclic) bond motifs is 3. The number of hydrogen-bond donors (Lipinski definition) is 1. The van der Waals surface area contributed by atoms with Gasteiger partial charge in [0.05, 0.1) is 29.2 Å². The summed E-state index contributed by atoms with van der Waals surface area (Å²) in [4.78, 5) is 34.4. The van der Waals surface area contributed by atoms with Gasteiger partial charge in [-0.25, -0.2) is 14.6 Å². The molecule has 2 aromatic rings. The van der Waals surface area contributed by atoms with Crippen LogP contribution in [-0.2, 0) is 11.3 Å². The first-order chi connectivity index (χ1) is 14.5. The number of nitrogens with one attached hydrogen (secondary N) is 1. The predicted octanol–water partition coefficient (Wildman–Crippen LogP) is 3.60. The fourth-order valence-corrected chi connectivity index (χ4v) is 4.20. The molecule has 0 unspecified atom stereocenters. The highest BCUT2D eigenvalue weighted by Gasteiger charge is 2.39.